The van der Waals surface area contributed by atoms with Crippen LogP contribution in [0.2, 0.25) is 0 Å². The standard InChI is InChI=1S/C11H16N4S/c1-4-12-11(9-5-14-15(3)7-9)10-6-13-8(2)16-10/h5-7,11-12H,4H2,1-3H3. The first-order valence-electron chi connectivity index (χ1n) is 5.35. The zero-order chi connectivity index (χ0) is 11.5. The second-order valence-electron chi connectivity index (χ2n) is 3.72. The lowest BCUT2D eigenvalue weighted by Gasteiger charge is -2.13. The lowest BCUT2D eigenvalue weighted by molar-refractivity contribution is 0.637. The highest BCUT2D eigenvalue weighted by Crippen LogP contribution is 2.26. The minimum absolute atomic E-state index is 0.213. The lowest BCUT2D eigenvalue weighted by Crippen LogP contribution is -2.20. The fourth-order valence-corrected chi connectivity index (χ4v) is 2.58. The van der Waals surface area contributed by atoms with Gasteiger partial charge in [-0.3, -0.25) is 4.68 Å². The van der Waals surface area contributed by atoms with Crippen molar-refractivity contribution in [3.63, 3.8) is 0 Å². The van der Waals surface area contributed by atoms with E-state index in [-0.39, 0.29) is 6.04 Å². The molecule has 2 aromatic rings. The van der Waals surface area contributed by atoms with E-state index in [0.717, 1.165) is 11.6 Å². The van der Waals surface area contributed by atoms with Crippen molar-refractivity contribution >= 4 is 11.3 Å². The number of thiazole rings is 1. The molecule has 1 atom stereocenters. The molecule has 86 valence electrons. The molecule has 0 saturated carbocycles. The second-order valence-corrected chi connectivity index (χ2v) is 4.99. The van der Waals surface area contributed by atoms with Gasteiger partial charge in [0.1, 0.15) is 0 Å². The Kier molecular flexibility index (Phi) is 3.36. The number of aryl methyl sites for hydroxylation is 2. The molecule has 5 heteroatoms. The molecule has 0 spiro atoms. The molecule has 0 aromatic carbocycles. The van der Waals surface area contributed by atoms with E-state index >= 15 is 0 Å². The molecule has 0 fully saturated rings. The maximum absolute atomic E-state index is 4.30. The van der Waals surface area contributed by atoms with E-state index in [4.69, 9.17) is 0 Å². The largest absolute Gasteiger partial charge is 0.306 e. The van der Waals surface area contributed by atoms with Gasteiger partial charge in [-0.2, -0.15) is 5.10 Å². The summed E-state index contributed by atoms with van der Waals surface area (Å²) in [4.78, 5) is 5.55. The van der Waals surface area contributed by atoms with Gasteiger partial charge in [-0.15, -0.1) is 11.3 Å². The summed E-state index contributed by atoms with van der Waals surface area (Å²) in [6.07, 6.45) is 5.89. The zero-order valence-corrected chi connectivity index (χ0v) is 10.6. The van der Waals surface area contributed by atoms with Crippen LogP contribution in [0.3, 0.4) is 0 Å². The first-order chi connectivity index (χ1) is 7.70. The van der Waals surface area contributed by atoms with E-state index in [9.17, 15) is 0 Å². The number of nitrogens with zero attached hydrogens (tertiary/aromatic N) is 3. The summed E-state index contributed by atoms with van der Waals surface area (Å²) in [5, 5.41) is 8.77. The molecule has 16 heavy (non-hydrogen) atoms. The third kappa shape index (κ3) is 2.31. The van der Waals surface area contributed by atoms with Crippen LogP contribution in [-0.4, -0.2) is 21.3 Å². The molecule has 2 aromatic heterocycles. The van der Waals surface area contributed by atoms with Crippen LogP contribution >= 0.6 is 11.3 Å². The van der Waals surface area contributed by atoms with Crippen molar-refractivity contribution in [3.8, 4) is 0 Å². The Morgan fingerprint density at radius 1 is 1.50 bits per heavy atom. The Morgan fingerprint density at radius 3 is 2.81 bits per heavy atom. The molecule has 0 saturated heterocycles. The molecular formula is C11H16N4S. The fourth-order valence-electron chi connectivity index (χ4n) is 1.69. The third-order valence-corrected chi connectivity index (χ3v) is 3.37. The van der Waals surface area contributed by atoms with E-state index in [2.05, 4.69) is 22.3 Å². The highest BCUT2D eigenvalue weighted by molar-refractivity contribution is 7.11. The average molecular weight is 236 g/mol. The molecule has 0 radical (unpaired) electrons. The monoisotopic (exact) mass is 236 g/mol. The van der Waals surface area contributed by atoms with Gasteiger partial charge in [-0.25, -0.2) is 4.98 Å². The molecule has 0 bridgehead atoms. The molecule has 0 aliphatic carbocycles. The molecule has 0 aliphatic rings. The van der Waals surface area contributed by atoms with Crippen LogP contribution in [0.4, 0.5) is 0 Å². The summed E-state index contributed by atoms with van der Waals surface area (Å²) in [5.74, 6) is 0. The Labute approximate surface area is 99.3 Å². The maximum Gasteiger partial charge on any atom is 0.0897 e. The van der Waals surface area contributed by atoms with E-state index in [0.29, 0.717) is 0 Å². The predicted molar refractivity (Wildman–Crippen MR) is 65.6 cm³/mol. The molecule has 0 amide bonds. The number of hydrogen-bond acceptors (Lipinski definition) is 4. The summed E-state index contributed by atoms with van der Waals surface area (Å²) >= 11 is 1.73. The molecule has 2 heterocycles. The number of aromatic nitrogens is 3. The summed E-state index contributed by atoms with van der Waals surface area (Å²) in [5.41, 5.74) is 1.19. The zero-order valence-electron chi connectivity index (χ0n) is 9.77. The van der Waals surface area contributed by atoms with E-state index in [1.54, 1.807) is 11.3 Å². The Morgan fingerprint density at radius 2 is 2.31 bits per heavy atom. The van der Waals surface area contributed by atoms with Gasteiger partial charge >= 0.3 is 0 Å². The molecule has 4 nitrogen and oxygen atoms in total. The predicted octanol–water partition coefficient (Wildman–Crippen LogP) is 1.88. The maximum atomic E-state index is 4.30. The number of nitrogens with one attached hydrogen (secondary N) is 1. The number of rotatable bonds is 4. The summed E-state index contributed by atoms with van der Waals surface area (Å²) in [6.45, 7) is 5.06. The van der Waals surface area contributed by atoms with Crippen LogP contribution in [0, 0.1) is 6.92 Å². The Hall–Kier alpha value is -1.20. The molecule has 0 aliphatic heterocycles. The van der Waals surface area contributed by atoms with Crippen molar-refractivity contribution in [2.75, 3.05) is 6.54 Å². The molecule has 1 N–H and O–H groups in total. The van der Waals surface area contributed by atoms with Crippen LogP contribution in [0.5, 0.6) is 0 Å². The first kappa shape index (κ1) is 11.3. The number of hydrogen-bond donors (Lipinski definition) is 1. The molecule has 2 rings (SSSR count). The highest BCUT2D eigenvalue weighted by atomic mass is 32.1. The van der Waals surface area contributed by atoms with Crippen LogP contribution in [-0.2, 0) is 7.05 Å². The fraction of sp³-hybridized carbons (Fsp3) is 0.455. The molecule has 1 unspecified atom stereocenters. The quantitative estimate of drug-likeness (QED) is 0.881. The van der Waals surface area contributed by atoms with Crippen molar-refractivity contribution in [1.82, 2.24) is 20.1 Å². The van der Waals surface area contributed by atoms with Gasteiger partial charge in [0, 0.05) is 29.9 Å². The second kappa shape index (κ2) is 4.76. The highest BCUT2D eigenvalue weighted by Gasteiger charge is 2.16. The third-order valence-electron chi connectivity index (χ3n) is 2.39. The van der Waals surface area contributed by atoms with Gasteiger partial charge < -0.3 is 5.32 Å². The Balaban J connectivity index is 2.30. The van der Waals surface area contributed by atoms with Gasteiger partial charge in [0.2, 0.25) is 0 Å². The summed E-state index contributed by atoms with van der Waals surface area (Å²) in [6, 6.07) is 0.213. The minimum atomic E-state index is 0.213. The van der Waals surface area contributed by atoms with Crippen LogP contribution in [0.1, 0.15) is 28.4 Å². The van der Waals surface area contributed by atoms with Crippen molar-refractivity contribution in [1.29, 1.82) is 0 Å². The van der Waals surface area contributed by atoms with Crippen molar-refractivity contribution in [2.24, 2.45) is 7.05 Å². The average Bonchev–Trinajstić information content (AvgIpc) is 2.84. The van der Waals surface area contributed by atoms with E-state index in [1.807, 2.05) is 37.2 Å². The molecular weight excluding hydrogens is 220 g/mol. The van der Waals surface area contributed by atoms with Gasteiger partial charge in [0.25, 0.3) is 0 Å². The normalized spacial score (nSPS) is 12.9. The van der Waals surface area contributed by atoms with Gasteiger partial charge in [0.15, 0.2) is 0 Å². The van der Waals surface area contributed by atoms with Crippen molar-refractivity contribution in [3.05, 3.63) is 34.0 Å². The summed E-state index contributed by atoms with van der Waals surface area (Å²) in [7, 11) is 1.93. The van der Waals surface area contributed by atoms with Crippen LogP contribution < -0.4 is 5.32 Å². The van der Waals surface area contributed by atoms with Gasteiger partial charge in [-0.1, -0.05) is 6.92 Å². The van der Waals surface area contributed by atoms with E-state index < -0.39 is 0 Å². The van der Waals surface area contributed by atoms with E-state index in [1.165, 1.54) is 10.4 Å². The summed E-state index contributed by atoms with van der Waals surface area (Å²) < 4.78 is 1.83. The van der Waals surface area contributed by atoms with Crippen molar-refractivity contribution < 1.29 is 0 Å². The topological polar surface area (TPSA) is 42.7 Å². The van der Waals surface area contributed by atoms with Gasteiger partial charge in [-0.05, 0) is 13.5 Å². The van der Waals surface area contributed by atoms with Gasteiger partial charge in [0.05, 0.1) is 17.2 Å². The smallest absolute Gasteiger partial charge is 0.0897 e. The van der Waals surface area contributed by atoms with Crippen LogP contribution in [0.25, 0.3) is 0 Å². The SMILES string of the molecule is CCNC(c1cnn(C)c1)c1cnc(C)s1. The van der Waals surface area contributed by atoms with Crippen LogP contribution in [0.15, 0.2) is 18.6 Å². The lowest BCUT2D eigenvalue weighted by atomic mass is 10.1. The minimum Gasteiger partial charge on any atom is -0.306 e. The first-order valence-corrected chi connectivity index (χ1v) is 6.16. The Bertz CT molecular complexity index is 420. The van der Waals surface area contributed by atoms with Crippen molar-refractivity contribution in [2.45, 2.75) is 19.9 Å².